The van der Waals surface area contributed by atoms with Gasteiger partial charge in [-0.05, 0) is 30.9 Å². The summed E-state index contributed by atoms with van der Waals surface area (Å²) in [4.78, 5) is 26.0. The van der Waals surface area contributed by atoms with Crippen LogP contribution >= 0.6 is 0 Å². The van der Waals surface area contributed by atoms with Crippen LogP contribution < -0.4 is 15.0 Å². The lowest BCUT2D eigenvalue weighted by atomic mass is 9.84. The summed E-state index contributed by atoms with van der Waals surface area (Å²) < 4.78 is 5.16. The number of hydrogen-bond acceptors (Lipinski definition) is 3. The van der Waals surface area contributed by atoms with Gasteiger partial charge in [-0.1, -0.05) is 25.3 Å². The molecule has 1 aromatic carbocycles. The normalized spacial score (nSPS) is 23.3. The van der Waals surface area contributed by atoms with Gasteiger partial charge in [0.2, 0.25) is 0 Å². The van der Waals surface area contributed by atoms with E-state index >= 15 is 0 Å². The molecule has 3 amide bonds. The number of ether oxygens (including phenoxy) is 1. The number of rotatable bonds is 3. The average Bonchev–Trinajstić information content (AvgIpc) is 2.83. The summed E-state index contributed by atoms with van der Waals surface area (Å²) >= 11 is 0. The number of carbonyl (C=O) groups excluding carboxylic acids is 2. The Morgan fingerprint density at radius 3 is 2.67 bits per heavy atom. The van der Waals surface area contributed by atoms with Crippen LogP contribution in [-0.2, 0) is 4.79 Å². The Hall–Kier alpha value is -2.04. The second-order valence-corrected chi connectivity index (χ2v) is 5.70. The Labute approximate surface area is 124 Å². The lowest BCUT2D eigenvalue weighted by Gasteiger charge is -2.25. The number of benzene rings is 1. The van der Waals surface area contributed by atoms with Gasteiger partial charge in [-0.25, -0.2) is 9.69 Å². The molecule has 112 valence electrons. The number of imide groups is 1. The Bertz CT molecular complexity index is 552. The maximum absolute atomic E-state index is 12.6. The van der Waals surface area contributed by atoms with Crippen LogP contribution in [0.3, 0.4) is 0 Å². The third-order valence-electron chi connectivity index (χ3n) is 4.40. The number of amides is 3. The van der Waals surface area contributed by atoms with Crippen molar-refractivity contribution in [3.05, 3.63) is 24.3 Å². The summed E-state index contributed by atoms with van der Waals surface area (Å²) in [6.07, 6.45) is 5.54. The van der Waals surface area contributed by atoms with Crippen molar-refractivity contribution in [2.24, 2.45) is 5.92 Å². The molecule has 2 aliphatic rings. The summed E-state index contributed by atoms with van der Waals surface area (Å²) in [7, 11) is 1.57. The monoisotopic (exact) mass is 288 g/mol. The molecule has 1 aliphatic carbocycles. The second-order valence-electron chi connectivity index (χ2n) is 5.70. The molecule has 1 heterocycles. The molecule has 3 rings (SSSR count). The van der Waals surface area contributed by atoms with E-state index in [0.717, 1.165) is 25.7 Å². The summed E-state index contributed by atoms with van der Waals surface area (Å²) in [5.74, 6) is 0.764. The maximum atomic E-state index is 12.6. The number of urea groups is 1. The van der Waals surface area contributed by atoms with Gasteiger partial charge in [-0.2, -0.15) is 0 Å². The Balaban J connectivity index is 1.82. The van der Waals surface area contributed by atoms with E-state index in [9.17, 15) is 9.59 Å². The van der Waals surface area contributed by atoms with Crippen molar-refractivity contribution in [1.82, 2.24) is 5.32 Å². The zero-order valence-electron chi connectivity index (χ0n) is 12.2. The molecule has 1 N–H and O–H groups in total. The highest BCUT2D eigenvalue weighted by Gasteiger charge is 2.43. The molecule has 5 nitrogen and oxygen atoms in total. The SMILES string of the molecule is COc1cccc(N2C(=O)NC(C3CCCCC3)C2=O)c1. The van der Waals surface area contributed by atoms with Gasteiger partial charge in [0.1, 0.15) is 11.8 Å². The van der Waals surface area contributed by atoms with Crippen LogP contribution in [0.15, 0.2) is 24.3 Å². The first-order chi connectivity index (χ1) is 10.2. The molecule has 5 heteroatoms. The molecule has 0 bridgehead atoms. The molecule has 1 saturated heterocycles. The minimum absolute atomic E-state index is 0.139. The van der Waals surface area contributed by atoms with E-state index < -0.39 is 0 Å². The smallest absolute Gasteiger partial charge is 0.329 e. The van der Waals surface area contributed by atoms with Crippen LogP contribution in [0.1, 0.15) is 32.1 Å². The highest BCUT2D eigenvalue weighted by atomic mass is 16.5. The fourth-order valence-corrected chi connectivity index (χ4v) is 3.28. The van der Waals surface area contributed by atoms with Crippen molar-refractivity contribution in [2.45, 2.75) is 38.1 Å². The lowest BCUT2D eigenvalue weighted by molar-refractivity contribution is -0.119. The Morgan fingerprint density at radius 2 is 1.95 bits per heavy atom. The summed E-state index contributed by atoms with van der Waals surface area (Å²) in [5, 5.41) is 2.86. The van der Waals surface area contributed by atoms with Gasteiger partial charge < -0.3 is 10.1 Å². The zero-order valence-corrected chi connectivity index (χ0v) is 12.2. The van der Waals surface area contributed by atoms with Crippen LogP contribution in [0.4, 0.5) is 10.5 Å². The van der Waals surface area contributed by atoms with Crippen molar-refractivity contribution in [3.8, 4) is 5.75 Å². The number of hydrogen-bond donors (Lipinski definition) is 1. The molecule has 1 aliphatic heterocycles. The Morgan fingerprint density at radius 1 is 1.19 bits per heavy atom. The molecule has 0 aromatic heterocycles. The van der Waals surface area contributed by atoms with Crippen LogP contribution in [0.5, 0.6) is 5.75 Å². The number of anilines is 1. The van der Waals surface area contributed by atoms with Gasteiger partial charge in [0, 0.05) is 6.07 Å². The number of methoxy groups -OCH3 is 1. The number of carbonyl (C=O) groups is 2. The zero-order chi connectivity index (χ0) is 14.8. The molecule has 2 fully saturated rings. The summed E-state index contributed by atoms with van der Waals surface area (Å²) in [6.45, 7) is 0. The standard InChI is InChI=1S/C16H20N2O3/c1-21-13-9-5-8-12(10-13)18-15(19)14(17-16(18)20)11-6-3-2-4-7-11/h5,8-11,14H,2-4,6-7H2,1H3,(H,17,20). The molecule has 21 heavy (non-hydrogen) atoms. The molecule has 0 spiro atoms. The molecule has 1 atom stereocenters. The van der Waals surface area contributed by atoms with E-state index in [2.05, 4.69) is 5.32 Å². The lowest BCUT2D eigenvalue weighted by Crippen LogP contribution is -2.38. The topological polar surface area (TPSA) is 58.6 Å². The van der Waals surface area contributed by atoms with Crippen molar-refractivity contribution in [2.75, 3.05) is 12.0 Å². The average molecular weight is 288 g/mol. The molecule has 1 aromatic rings. The third kappa shape index (κ3) is 2.60. The highest BCUT2D eigenvalue weighted by molar-refractivity contribution is 6.21. The van der Waals surface area contributed by atoms with Gasteiger partial charge in [-0.15, -0.1) is 0 Å². The second kappa shape index (κ2) is 5.76. The molecule has 1 saturated carbocycles. The number of nitrogens with one attached hydrogen (secondary N) is 1. The first kappa shape index (κ1) is 13.9. The van der Waals surface area contributed by atoms with Crippen LogP contribution in [0.25, 0.3) is 0 Å². The van der Waals surface area contributed by atoms with Gasteiger partial charge in [0.05, 0.1) is 12.8 Å². The van der Waals surface area contributed by atoms with E-state index in [4.69, 9.17) is 4.74 Å². The van der Waals surface area contributed by atoms with Crippen LogP contribution in [0.2, 0.25) is 0 Å². The third-order valence-corrected chi connectivity index (χ3v) is 4.40. The quantitative estimate of drug-likeness (QED) is 0.870. The Kier molecular flexibility index (Phi) is 3.82. The van der Waals surface area contributed by atoms with Crippen molar-refractivity contribution in [1.29, 1.82) is 0 Å². The first-order valence-electron chi connectivity index (χ1n) is 7.49. The summed E-state index contributed by atoms with van der Waals surface area (Å²) in [5.41, 5.74) is 0.565. The molecular formula is C16H20N2O3. The van der Waals surface area contributed by atoms with E-state index in [1.54, 1.807) is 31.4 Å². The highest BCUT2D eigenvalue weighted by Crippen LogP contribution is 2.31. The maximum Gasteiger partial charge on any atom is 0.329 e. The van der Waals surface area contributed by atoms with E-state index in [1.807, 2.05) is 0 Å². The molecular weight excluding hydrogens is 268 g/mol. The minimum Gasteiger partial charge on any atom is -0.497 e. The van der Waals surface area contributed by atoms with Gasteiger partial charge in [0.25, 0.3) is 5.91 Å². The molecule has 0 radical (unpaired) electrons. The predicted molar refractivity (Wildman–Crippen MR) is 79.4 cm³/mol. The van der Waals surface area contributed by atoms with Crippen molar-refractivity contribution < 1.29 is 14.3 Å². The van der Waals surface area contributed by atoms with E-state index in [0.29, 0.717) is 11.4 Å². The van der Waals surface area contributed by atoms with Crippen LogP contribution in [0, 0.1) is 5.92 Å². The van der Waals surface area contributed by atoms with Crippen molar-refractivity contribution >= 4 is 17.6 Å². The van der Waals surface area contributed by atoms with Gasteiger partial charge in [-0.3, -0.25) is 4.79 Å². The summed E-state index contributed by atoms with van der Waals surface area (Å²) in [6, 6.07) is 6.33. The number of nitrogens with zero attached hydrogens (tertiary/aromatic N) is 1. The van der Waals surface area contributed by atoms with Gasteiger partial charge >= 0.3 is 6.03 Å². The van der Waals surface area contributed by atoms with Crippen molar-refractivity contribution in [3.63, 3.8) is 0 Å². The minimum atomic E-state index is -0.371. The van der Waals surface area contributed by atoms with E-state index in [-0.39, 0.29) is 23.9 Å². The largest absolute Gasteiger partial charge is 0.497 e. The fraction of sp³-hybridized carbons (Fsp3) is 0.500. The predicted octanol–water partition coefficient (Wildman–Crippen LogP) is 2.70. The van der Waals surface area contributed by atoms with E-state index in [1.165, 1.54) is 11.3 Å². The first-order valence-corrected chi connectivity index (χ1v) is 7.49. The fourth-order valence-electron chi connectivity index (χ4n) is 3.28. The molecule has 1 unspecified atom stereocenters. The van der Waals surface area contributed by atoms with Gasteiger partial charge in [0.15, 0.2) is 0 Å². The van der Waals surface area contributed by atoms with Crippen LogP contribution in [-0.4, -0.2) is 25.1 Å².